The highest BCUT2D eigenvalue weighted by Crippen LogP contribution is 2.17. The second kappa shape index (κ2) is 6.08. The Morgan fingerprint density at radius 1 is 1.38 bits per heavy atom. The molecule has 0 spiro atoms. The molecule has 0 unspecified atom stereocenters. The highest BCUT2D eigenvalue weighted by molar-refractivity contribution is 5.99. The van der Waals surface area contributed by atoms with Gasteiger partial charge in [-0.1, -0.05) is 6.07 Å². The molecule has 0 aliphatic rings. The zero-order valence-corrected chi connectivity index (χ0v) is 11.4. The van der Waals surface area contributed by atoms with Crippen LogP contribution in [0.15, 0.2) is 35.3 Å². The van der Waals surface area contributed by atoms with Crippen molar-refractivity contribution in [2.45, 2.75) is 19.9 Å². The number of hydrogen-bond donors (Lipinski definition) is 3. The molecule has 0 radical (unpaired) electrons. The second-order valence-electron chi connectivity index (χ2n) is 4.58. The van der Waals surface area contributed by atoms with Crippen LogP contribution in [-0.4, -0.2) is 26.5 Å². The summed E-state index contributed by atoms with van der Waals surface area (Å²) in [5, 5.41) is 11.5. The van der Waals surface area contributed by atoms with E-state index in [1.54, 1.807) is 31.3 Å². The van der Waals surface area contributed by atoms with Crippen LogP contribution in [0.1, 0.15) is 22.6 Å². The van der Waals surface area contributed by atoms with Crippen LogP contribution in [0.25, 0.3) is 0 Å². The number of nitrogens with one attached hydrogen (secondary N) is 2. The smallest absolute Gasteiger partial charge is 0.354 e. The number of pyridine rings is 1. The van der Waals surface area contributed by atoms with Gasteiger partial charge in [-0.05, 0) is 19.1 Å². The van der Waals surface area contributed by atoms with Crippen LogP contribution in [0.4, 0.5) is 5.69 Å². The standard InChI is InChI=1S/C14H15N3O4/c1-9-8-10(13(15-9)14(20)21)16-11(18)5-7-17-6-3-2-4-12(17)19/h2-4,6,8,15H,5,7H2,1H3,(H,16,18)(H,20,21). The number of H-pyrrole nitrogens is 1. The largest absolute Gasteiger partial charge is 0.477 e. The number of aryl methyl sites for hydroxylation is 2. The van der Waals surface area contributed by atoms with Gasteiger partial charge in [-0.2, -0.15) is 0 Å². The predicted octanol–water partition coefficient (Wildman–Crippen LogP) is 1.21. The second-order valence-corrected chi connectivity index (χ2v) is 4.58. The van der Waals surface area contributed by atoms with Gasteiger partial charge in [0.15, 0.2) is 0 Å². The summed E-state index contributed by atoms with van der Waals surface area (Å²) in [6.07, 6.45) is 1.67. The highest BCUT2D eigenvalue weighted by atomic mass is 16.4. The molecule has 0 aliphatic carbocycles. The van der Waals surface area contributed by atoms with Crippen molar-refractivity contribution in [2.24, 2.45) is 0 Å². The SMILES string of the molecule is Cc1cc(NC(=O)CCn2ccccc2=O)c(C(=O)O)[nH]1. The van der Waals surface area contributed by atoms with Crippen LogP contribution in [0, 0.1) is 6.92 Å². The minimum Gasteiger partial charge on any atom is -0.477 e. The third-order valence-electron chi connectivity index (χ3n) is 2.92. The minimum absolute atomic E-state index is 0.0577. The van der Waals surface area contributed by atoms with Gasteiger partial charge in [0.05, 0.1) is 5.69 Å². The molecule has 0 bridgehead atoms. The summed E-state index contributed by atoms with van der Waals surface area (Å²) < 4.78 is 1.42. The lowest BCUT2D eigenvalue weighted by atomic mass is 10.3. The first kappa shape index (κ1) is 14.6. The first-order chi connectivity index (χ1) is 9.97. The van der Waals surface area contributed by atoms with Gasteiger partial charge in [0.1, 0.15) is 5.69 Å². The van der Waals surface area contributed by atoms with Crippen molar-refractivity contribution in [2.75, 3.05) is 5.32 Å². The zero-order chi connectivity index (χ0) is 15.4. The molecule has 110 valence electrons. The summed E-state index contributed by atoms with van der Waals surface area (Å²) in [5.41, 5.74) is 0.624. The summed E-state index contributed by atoms with van der Waals surface area (Å²) in [7, 11) is 0. The summed E-state index contributed by atoms with van der Waals surface area (Å²) in [5.74, 6) is -1.50. The van der Waals surface area contributed by atoms with Gasteiger partial charge in [-0.25, -0.2) is 4.79 Å². The molecule has 1 amide bonds. The Hall–Kier alpha value is -2.83. The molecule has 21 heavy (non-hydrogen) atoms. The summed E-state index contributed by atoms with van der Waals surface area (Å²) in [4.78, 5) is 37.0. The third-order valence-corrected chi connectivity index (χ3v) is 2.92. The maximum atomic E-state index is 11.8. The third kappa shape index (κ3) is 3.59. The van der Waals surface area contributed by atoms with E-state index in [-0.39, 0.29) is 35.8 Å². The van der Waals surface area contributed by atoms with E-state index in [4.69, 9.17) is 5.11 Å². The van der Waals surface area contributed by atoms with E-state index >= 15 is 0 Å². The maximum absolute atomic E-state index is 11.8. The van der Waals surface area contributed by atoms with Crippen molar-refractivity contribution in [3.05, 3.63) is 52.2 Å². The van der Waals surface area contributed by atoms with Crippen molar-refractivity contribution in [3.8, 4) is 0 Å². The lowest BCUT2D eigenvalue weighted by molar-refractivity contribution is -0.116. The molecule has 0 aromatic carbocycles. The van der Waals surface area contributed by atoms with Crippen molar-refractivity contribution in [3.63, 3.8) is 0 Å². The molecule has 2 aromatic rings. The van der Waals surface area contributed by atoms with E-state index < -0.39 is 5.97 Å². The number of aromatic amines is 1. The molecular weight excluding hydrogens is 274 g/mol. The average Bonchev–Trinajstić information content (AvgIpc) is 2.79. The lowest BCUT2D eigenvalue weighted by Crippen LogP contribution is -2.22. The van der Waals surface area contributed by atoms with E-state index in [0.29, 0.717) is 5.69 Å². The number of nitrogens with zero attached hydrogens (tertiary/aromatic N) is 1. The Balaban J connectivity index is 2.01. The zero-order valence-electron chi connectivity index (χ0n) is 11.4. The van der Waals surface area contributed by atoms with Crippen LogP contribution in [0.2, 0.25) is 0 Å². The number of carbonyl (C=O) groups excluding carboxylic acids is 1. The van der Waals surface area contributed by atoms with Crippen molar-refractivity contribution >= 4 is 17.6 Å². The van der Waals surface area contributed by atoms with Gasteiger partial charge in [0.2, 0.25) is 5.91 Å². The maximum Gasteiger partial charge on any atom is 0.354 e. The fourth-order valence-corrected chi connectivity index (χ4v) is 1.94. The van der Waals surface area contributed by atoms with Gasteiger partial charge in [0.25, 0.3) is 5.56 Å². The van der Waals surface area contributed by atoms with Crippen LogP contribution in [0.5, 0.6) is 0 Å². The first-order valence-corrected chi connectivity index (χ1v) is 6.35. The summed E-state index contributed by atoms with van der Waals surface area (Å²) in [6.45, 7) is 1.93. The summed E-state index contributed by atoms with van der Waals surface area (Å²) in [6, 6.07) is 6.30. The number of anilines is 1. The van der Waals surface area contributed by atoms with Crippen molar-refractivity contribution < 1.29 is 14.7 Å². The van der Waals surface area contributed by atoms with E-state index in [1.807, 2.05) is 0 Å². The molecule has 0 saturated carbocycles. The number of rotatable bonds is 5. The Kier molecular flexibility index (Phi) is 4.22. The quantitative estimate of drug-likeness (QED) is 0.769. The molecule has 2 rings (SSSR count). The van der Waals surface area contributed by atoms with Crippen molar-refractivity contribution in [1.29, 1.82) is 0 Å². The number of carboxylic acids is 1. The Morgan fingerprint density at radius 3 is 2.81 bits per heavy atom. The number of hydrogen-bond acceptors (Lipinski definition) is 3. The monoisotopic (exact) mass is 289 g/mol. The van der Waals surface area contributed by atoms with Crippen LogP contribution in [-0.2, 0) is 11.3 Å². The lowest BCUT2D eigenvalue weighted by Gasteiger charge is -2.06. The minimum atomic E-state index is -1.14. The molecule has 0 aliphatic heterocycles. The number of aromatic carboxylic acids is 1. The predicted molar refractivity (Wildman–Crippen MR) is 76.4 cm³/mol. The molecule has 0 saturated heterocycles. The van der Waals surface area contributed by atoms with Crippen LogP contribution < -0.4 is 10.9 Å². The van der Waals surface area contributed by atoms with Gasteiger partial charge in [0, 0.05) is 30.9 Å². The van der Waals surface area contributed by atoms with E-state index in [0.717, 1.165) is 0 Å². The molecule has 2 heterocycles. The van der Waals surface area contributed by atoms with Crippen LogP contribution >= 0.6 is 0 Å². The Bertz CT molecular complexity index is 730. The van der Waals surface area contributed by atoms with Gasteiger partial charge in [-0.15, -0.1) is 0 Å². The molecule has 0 fully saturated rings. The number of carbonyl (C=O) groups is 2. The van der Waals surface area contributed by atoms with Crippen LogP contribution in [0.3, 0.4) is 0 Å². The number of aromatic nitrogens is 2. The van der Waals surface area contributed by atoms with Gasteiger partial charge < -0.3 is 20.0 Å². The molecule has 7 heteroatoms. The number of carboxylic acid groups (broad SMARTS) is 1. The van der Waals surface area contributed by atoms with Gasteiger partial charge >= 0.3 is 5.97 Å². The fourth-order valence-electron chi connectivity index (χ4n) is 1.94. The number of amides is 1. The Morgan fingerprint density at radius 2 is 2.14 bits per heavy atom. The first-order valence-electron chi connectivity index (χ1n) is 6.35. The molecule has 3 N–H and O–H groups in total. The normalized spacial score (nSPS) is 10.3. The highest BCUT2D eigenvalue weighted by Gasteiger charge is 2.15. The van der Waals surface area contributed by atoms with E-state index in [2.05, 4.69) is 10.3 Å². The van der Waals surface area contributed by atoms with E-state index in [1.165, 1.54) is 10.6 Å². The molecular formula is C14H15N3O4. The van der Waals surface area contributed by atoms with E-state index in [9.17, 15) is 14.4 Å². The van der Waals surface area contributed by atoms with Crippen molar-refractivity contribution in [1.82, 2.24) is 9.55 Å². The molecule has 0 atom stereocenters. The molecule has 2 aromatic heterocycles. The van der Waals surface area contributed by atoms with Gasteiger partial charge in [-0.3, -0.25) is 9.59 Å². The average molecular weight is 289 g/mol. The fraction of sp³-hybridized carbons (Fsp3) is 0.214. The topological polar surface area (TPSA) is 104 Å². The Labute approximate surface area is 120 Å². The molecule has 7 nitrogen and oxygen atoms in total. The summed E-state index contributed by atoms with van der Waals surface area (Å²) >= 11 is 0.